The van der Waals surface area contributed by atoms with Gasteiger partial charge in [0.25, 0.3) is 5.91 Å². The summed E-state index contributed by atoms with van der Waals surface area (Å²) in [4.78, 5) is 11.9. The van der Waals surface area contributed by atoms with Gasteiger partial charge < -0.3 is 10.4 Å². The molecule has 0 aliphatic heterocycles. The number of benzene rings is 1. The van der Waals surface area contributed by atoms with Crippen molar-refractivity contribution in [2.24, 2.45) is 5.92 Å². The average molecular weight is 333 g/mol. The molecule has 1 amide bonds. The van der Waals surface area contributed by atoms with Crippen LogP contribution in [0.25, 0.3) is 0 Å². The van der Waals surface area contributed by atoms with E-state index in [1.807, 2.05) is 0 Å². The largest absolute Gasteiger partial charge is 0.393 e. The van der Waals surface area contributed by atoms with E-state index in [0.29, 0.717) is 29.5 Å². The minimum Gasteiger partial charge on any atom is -0.393 e. The second-order valence-corrected chi connectivity index (χ2v) is 5.90. The van der Waals surface area contributed by atoms with Crippen LogP contribution in [0.15, 0.2) is 22.7 Å². The highest BCUT2D eigenvalue weighted by atomic mass is 79.9. The summed E-state index contributed by atoms with van der Waals surface area (Å²) in [6.07, 6.45) is 2.52. The minimum absolute atomic E-state index is 0.204. The Bertz CT molecular complexity index is 449. The molecule has 3 nitrogen and oxygen atoms in total. The smallest absolute Gasteiger partial charge is 0.252 e. The fourth-order valence-electron chi connectivity index (χ4n) is 1.82. The Hall–Kier alpha value is -0.580. The lowest BCUT2D eigenvalue weighted by molar-refractivity contribution is 0.0937. The van der Waals surface area contributed by atoms with Gasteiger partial charge in [0.05, 0.1) is 16.7 Å². The van der Waals surface area contributed by atoms with Gasteiger partial charge in [0.2, 0.25) is 0 Å². The first-order valence-corrected chi connectivity index (χ1v) is 7.16. The van der Waals surface area contributed by atoms with Gasteiger partial charge in [-0.3, -0.25) is 4.79 Å². The Balaban J connectivity index is 1.85. The Morgan fingerprint density at radius 1 is 1.56 bits per heavy atom. The SMILES string of the molecule is O=C(NCC[C@@H](O)C1CC1)c1cc(Br)ccc1Cl. The molecule has 98 valence electrons. The van der Waals surface area contributed by atoms with Crippen LogP contribution >= 0.6 is 27.5 Å². The van der Waals surface area contributed by atoms with Crippen LogP contribution in [0.3, 0.4) is 0 Å². The van der Waals surface area contributed by atoms with E-state index in [0.717, 1.165) is 17.3 Å². The lowest BCUT2D eigenvalue weighted by Crippen LogP contribution is -2.27. The molecule has 0 heterocycles. The number of halogens is 2. The summed E-state index contributed by atoms with van der Waals surface area (Å²) in [5.74, 6) is 0.237. The molecule has 0 radical (unpaired) electrons. The molecule has 0 saturated heterocycles. The van der Waals surface area contributed by atoms with Crippen LogP contribution in [-0.4, -0.2) is 23.7 Å². The molecular formula is C13H15BrClNO2. The normalized spacial score (nSPS) is 16.4. The van der Waals surface area contributed by atoms with E-state index in [-0.39, 0.29) is 12.0 Å². The van der Waals surface area contributed by atoms with Gasteiger partial charge >= 0.3 is 0 Å². The summed E-state index contributed by atoms with van der Waals surface area (Å²) < 4.78 is 0.815. The number of rotatable bonds is 5. The van der Waals surface area contributed by atoms with Gasteiger partial charge in [-0.05, 0) is 43.4 Å². The van der Waals surface area contributed by atoms with Crippen molar-refractivity contribution in [3.8, 4) is 0 Å². The molecule has 5 heteroatoms. The van der Waals surface area contributed by atoms with Crippen LogP contribution in [-0.2, 0) is 0 Å². The highest BCUT2D eigenvalue weighted by Gasteiger charge is 2.29. The van der Waals surface area contributed by atoms with Crippen LogP contribution in [0.5, 0.6) is 0 Å². The number of hydrogen-bond acceptors (Lipinski definition) is 2. The summed E-state index contributed by atoms with van der Waals surface area (Å²) >= 11 is 9.27. The van der Waals surface area contributed by atoms with E-state index in [1.54, 1.807) is 18.2 Å². The predicted octanol–water partition coefficient (Wildman–Crippen LogP) is 2.99. The standard InChI is InChI=1S/C13H15BrClNO2/c14-9-3-4-11(15)10(7-9)13(18)16-6-5-12(17)8-1-2-8/h3-4,7-8,12,17H,1-2,5-6H2,(H,16,18)/t12-/m1/s1. The molecule has 1 aromatic carbocycles. The van der Waals surface area contributed by atoms with E-state index in [2.05, 4.69) is 21.2 Å². The number of aliphatic hydroxyl groups excluding tert-OH is 1. The molecule has 1 aliphatic rings. The third-order valence-electron chi connectivity index (χ3n) is 3.06. The number of hydrogen-bond donors (Lipinski definition) is 2. The minimum atomic E-state index is -0.289. The monoisotopic (exact) mass is 331 g/mol. The second-order valence-electron chi connectivity index (χ2n) is 4.57. The molecule has 1 aromatic rings. The molecule has 2 N–H and O–H groups in total. The van der Waals surface area contributed by atoms with Crippen LogP contribution in [0.1, 0.15) is 29.6 Å². The summed E-state index contributed by atoms with van der Waals surface area (Å²) in [7, 11) is 0. The van der Waals surface area contributed by atoms with Crippen molar-refractivity contribution < 1.29 is 9.90 Å². The first kappa shape index (κ1) is 13.8. The van der Waals surface area contributed by atoms with Crippen LogP contribution in [0, 0.1) is 5.92 Å². The molecule has 0 spiro atoms. The molecule has 18 heavy (non-hydrogen) atoms. The van der Waals surface area contributed by atoms with Crippen molar-refractivity contribution in [2.75, 3.05) is 6.54 Å². The molecule has 0 unspecified atom stereocenters. The van der Waals surface area contributed by atoms with E-state index in [1.165, 1.54) is 0 Å². The number of nitrogens with one attached hydrogen (secondary N) is 1. The molecular weight excluding hydrogens is 318 g/mol. The van der Waals surface area contributed by atoms with E-state index >= 15 is 0 Å². The third-order valence-corrected chi connectivity index (χ3v) is 3.89. The van der Waals surface area contributed by atoms with Crippen LogP contribution in [0.2, 0.25) is 5.02 Å². The van der Waals surface area contributed by atoms with Gasteiger partial charge in [-0.25, -0.2) is 0 Å². The zero-order chi connectivity index (χ0) is 13.1. The lowest BCUT2D eigenvalue weighted by Gasteiger charge is -2.10. The molecule has 2 rings (SSSR count). The first-order chi connectivity index (χ1) is 8.58. The third kappa shape index (κ3) is 3.70. The zero-order valence-electron chi connectivity index (χ0n) is 9.83. The average Bonchev–Trinajstić information content (AvgIpc) is 3.16. The van der Waals surface area contributed by atoms with Gasteiger partial charge in [0.15, 0.2) is 0 Å². The van der Waals surface area contributed by atoms with Crippen molar-refractivity contribution in [1.82, 2.24) is 5.32 Å². The van der Waals surface area contributed by atoms with Crippen LogP contribution < -0.4 is 5.32 Å². The predicted molar refractivity (Wildman–Crippen MR) is 74.8 cm³/mol. The van der Waals surface area contributed by atoms with Gasteiger partial charge in [0.1, 0.15) is 0 Å². The van der Waals surface area contributed by atoms with E-state index in [4.69, 9.17) is 11.6 Å². The lowest BCUT2D eigenvalue weighted by atomic mass is 10.1. The highest BCUT2D eigenvalue weighted by Crippen LogP contribution is 2.33. The fraction of sp³-hybridized carbons (Fsp3) is 0.462. The maximum absolute atomic E-state index is 11.9. The highest BCUT2D eigenvalue weighted by molar-refractivity contribution is 9.10. The van der Waals surface area contributed by atoms with Crippen molar-refractivity contribution in [1.29, 1.82) is 0 Å². The van der Waals surface area contributed by atoms with Crippen molar-refractivity contribution in [3.05, 3.63) is 33.3 Å². The van der Waals surface area contributed by atoms with Gasteiger partial charge in [-0.1, -0.05) is 27.5 Å². The van der Waals surface area contributed by atoms with E-state index in [9.17, 15) is 9.90 Å². The summed E-state index contributed by atoms with van der Waals surface area (Å²) in [6.45, 7) is 0.472. The second kappa shape index (κ2) is 6.04. The van der Waals surface area contributed by atoms with Gasteiger partial charge in [0, 0.05) is 11.0 Å². The number of carbonyl (C=O) groups is 1. The topological polar surface area (TPSA) is 49.3 Å². The number of carbonyl (C=O) groups excluding carboxylic acids is 1. The molecule has 0 aromatic heterocycles. The summed E-state index contributed by atoms with van der Waals surface area (Å²) in [5.41, 5.74) is 0.451. The van der Waals surface area contributed by atoms with Crippen molar-refractivity contribution in [3.63, 3.8) is 0 Å². The maximum Gasteiger partial charge on any atom is 0.252 e. The number of aliphatic hydroxyl groups is 1. The Morgan fingerprint density at radius 3 is 2.94 bits per heavy atom. The maximum atomic E-state index is 11.9. The molecule has 1 fully saturated rings. The van der Waals surface area contributed by atoms with Gasteiger partial charge in [-0.15, -0.1) is 0 Å². The Kier molecular flexibility index (Phi) is 4.65. The molecule has 1 atom stereocenters. The van der Waals surface area contributed by atoms with Gasteiger partial charge in [-0.2, -0.15) is 0 Å². The quantitative estimate of drug-likeness (QED) is 0.871. The summed E-state index contributed by atoms with van der Waals surface area (Å²) in [6, 6.07) is 5.16. The Morgan fingerprint density at radius 2 is 2.28 bits per heavy atom. The van der Waals surface area contributed by atoms with Crippen molar-refractivity contribution in [2.45, 2.75) is 25.4 Å². The molecule has 0 bridgehead atoms. The van der Waals surface area contributed by atoms with Crippen molar-refractivity contribution >= 4 is 33.4 Å². The first-order valence-electron chi connectivity index (χ1n) is 5.99. The Labute approximate surface area is 120 Å². The number of amides is 1. The summed E-state index contributed by atoms with van der Waals surface area (Å²) in [5, 5.41) is 12.9. The van der Waals surface area contributed by atoms with E-state index < -0.39 is 0 Å². The fourth-order valence-corrected chi connectivity index (χ4v) is 2.38. The molecule has 1 aliphatic carbocycles. The zero-order valence-corrected chi connectivity index (χ0v) is 12.2. The van der Waals surface area contributed by atoms with Crippen LogP contribution in [0.4, 0.5) is 0 Å². The molecule has 1 saturated carbocycles.